The van der Waals surface area contributed by atoms with Gasteiger partial charge in [-0.2, -0.15) is 0 Å². The van der Waals surface area contributed by atoms with Crippen LogP contribution in [0.15, 0.2) is 24.3 Å². The largest absolute Gasteiger partial charge is 0.496 e. The minimum Gasteiger partial charge on any atom is -0.496 e. The summed E-state index contributed by atoms with van der Waals surface area (Å²) in [5, 5.41) is 0. The van der Waals surface area contributed by atoms with E-state index >= 15 is 0 Å². The lowest BCUT2D eigenvalue weighted by Gasteiger charge is -2.35. The number of ether oxygens (including phenoxy) is 1. The summed E-state index contributed by atoms with van der Waals surface area (Å²) in [4.78, 5) is 31.1. The van der Waals surface area contributed by atoms with Crippen LogP contribution in [0.3, 0.4) is 0 Å². The fourth-order valence-corrected chi connectivity index (χ4v) is 5.43. The highest BCUT2D eigenvalue weighted by atomic mass is 16.5. The van der Waals surface area contributed by atoms with Crippen LogP contribution in [0, 0.1) is 5.92 Å². The normalized spacial score (nSPS) is 27.8. The second-order valence-corrected chi connectivity index (χ2v) is 8.52. The fourth-order valence-electron chi connectivity index (χ4n) is 5.43. The van der Waals surface area contributed by atoms with Gasteiger partial charge in [0.15, 0.2) is 0 Å². The van der Waals surface area contributed by atoms with Crippen molar-refractivity contribution in [2.75, 3.05) is 20.2 Å². The van der Waals surface area contributed by atoms with Crippen LogP contribution >= 0.6 is 0 Å². The van der Waals surface area contributed by atoms with Gasteiger partial charge in [-0.1, -0.05) is 37.8 Å². The average Bonchev–Trinajstić information content (AvgIpc) is 2.91. The molecule has 1 aliphatic carbocycles. The molecule has 0 N–H and O–H groups in total. The summed E-state index contributed by atoms with van der Waals surface area (Å²) < 4.78 is 5.45. The van der Waals surface area contributed by atoms with E-state index in [0.717, 1.165) is 51.6 Å². The van der Waals surface area contributed by atoms with E-state index in [1.807, 2.05) is 34.1 Å². The van der Waals surface area contributed by atoms with Gasteiger partial charge in [-0.05, 0) is 50.2 Å². The van der Waals surface area contributed by atoms with E-state index in [0.29, 0.717) is 17.2 Å². The number of fused-ring (bicyclic) bond motifs is 1. The molecule has 1 aromatic carbocycles. The fraction of sp³-hybridized carbons (Fsp3) is 0.652. The Morgan fingerprint density at radius 1 is 0.964 bits per heavy atom. The number of carbonyl (C=O) groups excluding carboxylic acids is 2. The number of methoxy groups -OCH3 is 1. The molecular weight excluding hydrogens is 352 g/mol. The van der Waals surface area contributed by atoms with Gasteiger partial charge in [-0.15, -0.1) is 0 Å². The van der Waals surface area contributed by atoms with Crippen LogP contribution < -0.4 is 4.74 Å². The molecule has 1 aromatic rings. The minimum absolute atomic E-state index is 0.0416. The SMILES string of the molecule is COc1ccccc1C(=O)N1[C@@H]2CCCC[C@@H]2C[C@H]1C(=O)N1CCCCCC1. The molecule has 28 heavy (non-hydrogen) atoms. The van der Waals surface area contributed by atoms with Gasteiger partial charge in [-0.3, -0.25) is 9.59 Å². The molecule has 5 heteroatoms. The maximum atomic E-state index is 13.6. The highest BCUT2D eigenvalue weighted by Crippen LogP contribution is 2.41. The standard InChI is InChI=1S/C23H32N2O3/c1-28-21-13-7-5-11-18(21)22(26)25-19-12-6-4-10-17(19)16-20(25)23(27)24-14-8-2-3-9-15-24/h5,7,11,13,17,19-20H,2-4,6,8-10,12,14-16H2,1H3/t17-,19-,20+/m1/s1. The van der Waals surface area contributed by atoms with Crippen molar-refractivity contribution in [3.63, 3.8) is 0 Å². The second-order valence-electron chi connectivity index (χ2n) is 8.52. The lowest BCUT2D eigenvalue weighted by Crippen LogP contribution is -2.51. The summed E-state index contributed by atoms with van der Waals surface area (Å²) in [6.45, 7) is 1.67. The van der Waals surface area contributed by atoms with Crippen LogP contribution in [0.25, 0.3) is 0 Å². The first-order valence-electron chi connectivity index (χ1n) is 10.9. The van der Waals surface area contributed by atoms with Crippen molar-refractivity contribution in [3.8, 4) is 5.75 Å². The van der Waals surface area contributed by atoms with Crippen molar-refractivity contribution >= 4 is 11.8 Å². The number of rotatable bonds is 3. The monoisotopic (exact) mass is 384 g/mol. The molecule has 0 unspecified atom stereocenters. The van der Waals surface area contributed by atoms with Gasteiger partial charge < -0.3 is 14.5 Å². The summed E-state index contributed by atoms with van der Waals surface area (Å²) in [7, 11) is 1.60. The van der Waals surface area contributed by atoms with E-state index in [1.165, 1.54) is 19.3 Å². The van der Waals surface area contributed by atoms with Crippen LogP contribution in [-0.4, -0.2) is 53.9 Å². The van der Waals surface area contributed by atoms with Crippen molar-refractivity contribution in [1.82, 2.24) is 9.80 Å². The zero-order chi connectivity index (χ0) is 19.5. The molecule has 0 aromatic heterocycles. The van der Waals surface area contributed by atoms with Crippen molar-refractivity contribution in [3.05, 3.63) is 29.8 Å². The molecule has 3 fully saturated rings. The van der Waals surface area contributed by atoms with Crippen molar-refractivity contribution < 1.29 is 14.3 Å². The summed E-state index contributed by atoms with van der Waals surface area (Å²) in [6.07, 6.45) is 9.86. The van der Waals surface area contributed by atoms with Crippen LogP contribution in [-0.2, 0) is 4.79 Å². The Balaban J connectivity index is 1.64. The average molecular weight is 385 g/mol. The molecule has 2 amide bonds. The Labute approximate surface area is 168 Å². The van der Waals surface area contributed by atoms with Gasteiger partial charge >= 0.3 is 0 Å². The molecule has 2 aliphatic heterocycles. The predicted molar refractivity (Wildman–Crippen MR) is 108 cm³/mol. The number of benzene rings is 1. The maximum Gasteiger partial charge on any atom is 0.258 e. The molecule has 0 spiro atoms. The number of hydrogen-bond acceptors (Lipinski definition) is 3. The molecule has 2 saturated heterocycles. The lowest BCUT2D eigenvalue weighted by atomic mass is 9.84. The third kappa shape index (κ3) is 3.63. The summed E-state index contributed by atoms with van der Waals surface area (Å²) >= 11 is 0. The highest BCUT2D eigenvalue weighted by Gasteiger charge is 2.48. The summed E-state index contributed by atoms with van der Waals surface area (Å²) in [6, 6.07) is 7.27. The first-order valence-corrected chi connectivity index (χ1v) is 10.9. The molecule has 4 rings (SSSR count). The molecule has 2 heterocycles. The Bertz CT molecular complexity index is 712. The third-order valence-corrected chi connectivity index (χ3v) is 6.86. The van der Waals surface area contributed by atoms with Crippen molar-refractivity contribution in [2.24, 2.45) is 5.92 Å². The number of carbonyl (C=O) groups is 2. The Morgan fingerprint density at radius 2 is 1.68 bits per heavy atom. The predicted octanol–water partition coefficient (Wildman–Crippen LogP) is 3.87. The van der Waals surface area contributed by atoms with E-state index in [9.17, 15) is 9.59 Å². The van der Waals surface area contributed by atoms with Gasteiger partial charge in [0.1, 0.15) is 11.8 Å². The summed E-state index contributed by atoms with van der Waals surface area (Å²) in [5.74, 6) is 1.17. The second kappa shape index (κ2) is 8.54. The van der Waals surface area contributed by atoms with Gasteiger partial charge in [0, 0.05) is 19.1 Å². The number of likely N-dealkylation sites (tertiary alicyclic amines) is 2. The molecular formula is C23H32N2O3. The highest BCUT2D eigenvalue weighted by molar-refractivity contribution is 6.00. The number of para-hydroxylation sites is 1. The molecule has 3 aliphatic rings. The molecule has 3 atom stereocenters. The van der Waals surface area contributed by atoms with Crippen LogP contribution in [0.4, 0.5) is 0 Å². The van der Waals surface area contributed by atoms with Gasteiger partial charge in [0.25, 0.3) is 5.91 Å². The first-order chi connectivity index (χ1) is 13.7. The van der Waals surface area contributed by atoms with Gasteiger partial charge in [-0.25, -0.2) is 0 Å². The third-order valence-electron chi connectivity index (χ3n) is 6.86. The van der Waals surface area contributed by atoms with E-state index in [4.69, 9.17) is 4.74 Å². The molecule has 0 bridgehead atoms. The lowest BCUT2D eigenvalue weighted by molar-refractivity contribution is -0.135. The minimum atomic E-state index is -0.316. The van der Waals surface area contributed by atoms with Crippen LogP contribution in [0.1, 0.15) is 68.1 Å². The zero-order valence-corrected chi connectivity index (χ0v) is 16.9. The number of amides is 2. The topological polar surface area (TPSA) is 49.9 Å². The molecule has 5 nitrogen and oxygen atoms in total. The van der Waals surface area contributed by atoms with E-state index in [1.54, 1.807) is 7.11 Å². The molecule has 0 radical (unpaired) electrons. The van der Waals surface area contributed by atoms with Crippen LogP contribution in [0.2, 0.25) is 0 Å². The number of nitrogens with zero attached hydrogens (tertiary/aromatic N) is 2. The van der Waals surface area contributed by atoms with E-state index < -0.39 is 0 Å². The van der Waals surface area contributed by atoms with E-state index in [2.05, 4.69) is 0 Å². The maximum absolute atomic E-state index is 13.6. The van der Waals surface area contributed by atoms with Gasteiger partial charge in [0.2, 0.25) is 5.91 Å². The smallest absolute Gasteiger partial charge is 0.258 e. The van der Waals surface area contributed by atoms with Crippen molar-refractivity contribution in [1.29, 1.82) is 0 Å². The quantitative estimate of drug-likeness (QED) is 0.795. The van der Waals surface area contributed by atoms with Crippen molar-refractivity contribution in [2.45, 2.75) is 69.9 Å². The van der Waals surface area contributed by atoms with E-state index in [-0.39, 0.29) is 23.9 Å². The molecule has 152 valence electrons. The molecule has 1 saturated carbocycles. The first kappa shape index (κ1) is 19.3. The number of hydrogen-bond donors (Lipinski definition) is 0. The Hall–Kier alpha value is -2.04. The summed E-state index contributed by atoms with van der Waals surface area (Å²) in [5.41, 5.74) is 0.574. The Kier molecular flexibility index (Phi) is 5.88. The van der Waals surface area contributed by atoms with Crippen LogP contribution in [0.5, 0.6) is 5.75 Å². The Morgan fingerprint density at radius 3 is 2.43 bits per heavy atom. The zero-order valence-electron chi connectivity index (χ0n) is 16.9. The van der Waals surface area contributed by atoms with Gasteiger partial charge in [0.05, 0.1) is 12.7 Å².